The molecule has 0 aliphatic carbocycles. The molecule has 0 aliphatic rings. The monoisotopic (exact) mass is 1170 g/mol. The van der Waals surface area contributed by atoms with Crippen LogP contribution in [0.2, 0.25) is 0 Å². The van der Waals surface area contributed by atoms with Crippen molar-refractivity contribution in [2.24, 2.45) is 0 Å². The molecule has 0 fully saturated rings. The van der Waals surface area contributed by atoms with Crippen molar-refractivity contribution in [3.63, 3.8) is 0 Å². The second-order valence-corrected chi connectivity index (χ2v) is 21.0. The van der Waals surface area contributed by atoms with Gasteiger partial charge >= 0.3 is 0 Å². The summed E-state index contributed by atoms with van der Waals surface area (Å²) in [5, 5.41) is 2.14. The third-order valence-electron chi connectivity index (χ3n) is 14.2. The normalized spacial score (nSPS) is 12.3. The van der Waals surface area contributed by atoms with Gasteiger partial charge in [0, 0.05) is 41.5 Å². The van der Waals surface area contributed by atoms with Crippen LogP contribution in [-0.4, -0.2) is 14.5 Å². The van der Waals surface area contributed by atoms with Gasteiger partial charge in [-0.1, -0.05) is 217 Å². The minimum absolute atomic E-state index is 0. The number of nitrogens with zero attached hydrogens (tertiary/aromatic N) is 3. The third-order valence-corrected chi connectivity index (χ3v) is 14.2. The zero-order valence-corrected chi connectivity index (χ0v) is 46.3. The molecular weight excluding hydrogens is 1100 g/mol. The van der Waals surface area contributed by atoms with Crippen LogP contribution in [-0.2, 0) is 25.5 Å². The van der Waals surface area contributed by atoms with Crippen molar-refractivity contribution in [2.45, 2.75) is 72.6 Å². The number of rotatable bonds is 9. The minimum atomic E-state index is -2.19. The van der Waals surface area contributed by atoms with Gasteiger partial charge in [-0.15, -0.1) is 47.5 Å². The standard InChI is InChI=1S/C49H39N2O.C22H22N.Ir/c1-31(2)42-28-38(36-24-22-35(23-25-36)33-14-7-5-8-15-33)29-43(32(3)4)47(42)51-45-21-12-11-20-44(45)50-49(51)41-19-13-18-40-39-27-26-37(30-46(39)52-48(40)41)34-16-9-6-10-17-34;1-16-10-11-18(14-20(16)17-8-6-5-7-9-17)21-15-19(12-13-23-21)22(2,3)4;/h5-18,20-32H,1-4H3;5-10,12-15H,1-4H3;/q2*-1;/i;1D3;. The number of furan rings is 1. The van der Waals surface area contributed by atoms with Crippen LogP contribution in [0, 0.1) is 19.0 Å². The summed E-state index contributed by atoms with van der Waals surface area (Å²) in [6.45, 7) is 13.4. The van der Waals surface area contributed by atoms with Gasteiger partial charge in [0.1, 0.15) is 5.58 Å². The molecule has 0 unspecified atom stereocenters. The summed E-state index contributed by atoms with van der Waals surface area (Å²) < 4.78 is 32.7. The molecule has 377 valence electrons. The Balaban J connectivity index is 0.000000220. The van der Waals surface area contributed by atoms with E-state index in [2.05, 4.69) is 216 Å². The minimum Gasteiger partial charge on any atom is -0.501 e. The first-order chi connectivity index (χ1) is 37.6. The maximum atomic E-state index is 7.85. The zero-order chi connectivity index (χ0) is 54.3. The number of hydrogen-bond donors (Lipinski definition) is 0. The second-order valence-electron chi connectivity index (χ2n) is 21.0. The van der Waals surface area contributed by atoms with Crippen LogP contribution < -0.4 is 0 Å². The topological polar surface area (TPSA) is 43.9 Å². The fraction of sp³-hybridized carbons (Fsp3) is 0.155. The van der Waals surface area contributed by atoms with E-state index >= 15 is 0 Å². The number of pyridine rings is 1. The van der Waals surface area contributed by atoms with E-state index in [0.717, 1.165) is 72.3 Å². The Bertz CT molecular complexity index is 4070. The van der Waals surface area contributed by atoms with E-state index in [1.807, 2.05) is 54.6 Å². The average Bonchev–Trinajstić information content (AvgIpc) is 4.17. The van der Waals surface area contributed by atoms with E-state index in [-0.39, 0.29) is 37.4 Å². The average molecular weight is 1170 g/mol. The molecule has 0 amide bonds. The van der Waals surface area contributed by atoms with E-state index in [1.54, 1.807) is 12.3 Å². The molecule has 0 saturated carbocycles. The fourth-order valence-corrected chi connectivity index (χ4v) is 10.1. The van der Waals surface area contributed by atoms with Crippen LogP contribution in [0.1, 0.15) is 86.7 Å². The Labute approximate surface area is 465 Å². The summed E-state index contributed by atoms with van der Waals surface area (Å²) in [6, 6.07) is 77.7. The first-order valence-electron chi connectivity index (χ1n) is 27.4. The predicted octanol–water partition coefficient (Wildman–Crippen LogP) is 19.5. The van der Waals surface area contributed by atoms with Crippen molar-refractivity contribution in [2.75, 3.05) is 0 Å². The smallest absolute Gasteiger partial charge is 0.121 e. The van der Waals surface area contributed by atoms with E-state index < -0.39 is 6.85 Å². The summed E-state index contributed by atoms with van der Waals surface area (Å²) in [5.41, 5.74) is 20.1. The van der Waals surface area contributed by atoms with Gasteiger partial charge in [0.25, 0.3) is 0 Å². The van der Waals surface area contributed by atoms with Crippen LogP contribution in [0.15, 0.2) is 217 Å². The summed E-state index contributed by atoms with van der Waals surface area (Å²) in [5.74, 6) is 1.35. The van der Waals surface area contributed by atoms with Gasteiger partial charge in [-0.2, -0.15) is 0 Å². The van der Waals surface area contributed by atoms with Gasteiger partial charge in [0.2, 0.25) is 0 Å². The molecule has 0 N–H and O–H groups in total. The molecule has 0 bridgehead atoms. The second kappa shape index (κ2) is 21.7. The molecule has 5 heteroatoms. The van der Waals surface area contributed by atoms with Crippen molar-refractivity contribution in [3.8, 4) is 72.8 Å². The molecule has 0 spiro atoms. The number of imidazole rings is 1. The SMILES string of the molecule is CC(C)c1cc(-c2ccc(-c3ccccc3)cc2)cc(C(C)C)c1-n1c(-c2[c-]ccc3c2oc2cc(-c4ccccc4)ccc23)nc2ccccc21.[2H]C([2H])([2H])c1c[c-]c(-c2cc(C(C)(C)C)ccn2)cc1-c1ccccc1.[Ir]. The van der Waals surface area contributed by atoms with Crippen LogP contribution in [0.4, 0.5) is 0 Å². The molecule has 3 heterocycles. The molecule has 4 nitrogen and oxygen atoms in total. The van der Waals surface area contributed by atoms with Gasteiger partial charge in [-0.3, -0.25) is 4.98 Å². The first-order valence-corrected chi connectivity index (χ1v) is 25.9. The Morgan fingerprint density at radius 1 is 0.566 bits per heavy atom. The van der Waals surface area contributed by atoms with Gasteiger partial charge in [-0.25, -0.2) is 0 Å². The Hall–Kier alpha value is -7.95. The maximum Gasteiger partial charge on any atom is 0.121 e. The van der Waals surface area contributed by atoms with E-state index in [9.17, 15) is 0 Å². The molecule has 0 atom stereocenters. The van der Waals surface area contributed by atoms with E-state index in [0.29, 0.717) is 11.1 Å². The molecule has 0 aliphatic heterocycles. The maximum absolute atomic E-state index is 7.85. The van der Waals surface area contributed by atoms with Gasteiger partial charge in [0.15, 0.2) is 0 Å². The van der Waals surface area contributed by atoms with Gasteiger partial charge < -0.3 is 14.0 Å². The molecule has 12 rings (SSSR count). The quantitative estimate of drug-likeness (QED) is 0.135. The number of hydrogen-bond acceptors (Lipinski definition) is 3. The van der Waals surface area contributed by atoms with Gasteiger partial charge in [0.05, 0.1) is 22.4 Å². The van der Waals surface area contributed by atoms with Crippen molar-refractivity contribution in [3.05, 3.63) is 247 Å². The Morgan fingerprint density at radius 2 is 1.14 bits per heavy atom. The Kier molecular flexibility index (Phi) is 13.6. The van der Waals surface area contributed by atoms with Crippen molar-refractivity contribution >= 4 is 33.0 Å². The number of para-hydroxylation sites is 2. The van der Waals surface area contributed by atoms with Crippen LogP contribution in [0.3, 0.4) is 0 Å². The number of fused-ring (bicyclic) bond motifs is 4. The van der Waals surface area contributed by atoms with Gasteiger partial charge in [-0.05, 0) is 115 Å². The number of benzene rings is 9. The number of aromatic nitrogens is 3. The molecular formula is C71H61IrN3O-2. The van der Waals surface area contributed by atoms with Crippen LogP contribution in [0.25, 0.3) is 106 Å². The molecule has 76 heavy (non-hydrogen) atoms. The molecule has 9 aromatic carbocycles. The van der Waals surface area contributed by atoms with Crippen molar-refractivity contribution < 1.29 is 28.6 Å². The number of aryl methyl sites for hydroxylation is 1. The summed E-state index contributed by atoms with van der Waals surface area (Å²) >= 11 is 0. The van der Waals surface area contributed by atoms with Crippen LogP contribution >= 0.6 is 0 Å². The summed E-state index contributed by atoms with van der Waals surface area (Å²) in [4.78, 5) is 9.81. The molecule has 3 aromatic heterocycles. The predicted molar refractivity (Wildman–Crippen MR) is 314 cm³/mol. The third kappa shape index (κ3) is 10.3. The fourth-order valence-electron chi connectivity index (χ4n) is 10.1. The summed E-state index contributed by atoms with van der Waals surface area (Å²) in [7, 11) is 0. The van der Waals surface area contributed by atoms with Crippen molar-refractivity contribution in [1.82, 2.24) is 14.5 Å². The largest absolute Gasteiger partial charge is 0.501 e. The Morgan fingerprint density at radius 3 is 1.78 bits per heavy atom. The first kappa shape index (κ1) is 47.7. The molecule has 1 radical (unpaired) electrons. The zero-order valence-electron chi connectivity index (χ0n) is 46.9. The van der Waals surface area contributed by atoms with E-state index in [1.165, 1.54) is 44.6 Å². The molecule has 0 saturated heterocycles. The van der Waals surface area contributed by atoms with Crippen molar-refractivity contribution in [1.29, 1.82) is 0 Å². The molecule has 12 aromatic rings. The summed E-state index contributed by atoms with van der Waals surface area (Å²) in [6.07, 6.45) is 1.80. The van der Waals surface area contributed by atoms with E-state index in [4.69, 9.17) is 13.5 Å². The van der Waals surface area contributed by atoms with Crippen LogP contribution in [0.5, 0.6) is 0 Å².